The van der Waals surface area contributed by atoms with Gasteiger partial charge in [-0.15, -0.1) is 0 Å². The average Bonchev–Trinajstić information content (AvgIpc) is 2.46. The molecule has 2 rings (SSSR count). The van der Waals surface area contributed by atoms with Crippen LogP contribution in [-0.2, 0) is 0 Å². The van der Waals surface area contributed by atoms with Crippen LogP contribution in [0.5, 0.6) is 0 Å². The Labute approximate surface area is 126 Å². The lowest BCUT2D eigenvalue weighted by Gasteiger charge is -1.99. The molecule has 0 saturated heterocycles. The highest BCUT2D eigenvalue weighted by molar-refractivity contribution is 6.35. The van der Waals surface area contributed by atoms with Crippen LogP contribution in [0.2, 0.25) is 10.0 Å². The van der Waals surface area contributed by atoms with Crippen molar-refractivity contribution in [3.63, 3.8) is 0 Å². The van der Waals surface area contributed by atoms with E-state index in [1.807, 2.05) is 0 Å². The van der Waals surface area contributed by atoms with E-state index >= 15 is 0 Å². The van der Waals surface area contributed by atoms with Crippen molar-refractivity contribution in [2.75, 3.05) is 0 Å². The van der Waals surface area contributed by atoms with E-state index in [1.54, 1.807) is 48.5 Å². The molecule has 0 unspecified atom stereocenters. The van der Waals surface area contributed by atoms with Crippen LogP contribution >= 0.6 is 23.2 Å². The fourth-order valence-corrected chi connectivity index (χ4v) is 2.10. The van der Waals surface area contributed by atoms with Crippen molar-refractivity contribution >= 4 is 41.3 Å². The number of hydrogen-bond donors (Lipinski definition) is 0. The van der Waals surface area contributed by atoms with Gasteiger partial charge in [-0.2, -0.15) is 0 Å². The van der Waals surface area contributed by atoms with Gasteiger partial charge >= 0.3 is 0 Å². The molecule has 0 heterocycles. The van der Waals surface area contributed by atoms with E-state index in [0.29, 0.717) is 26.7 Å². The van der Waals surface area contributed by atoms with E-state index in [0.717, 1.165) is 6.29 Å². The molecular weight excluding hydrogens is 295 g/mol. The standard InChI is InChI=1S/C16H10Cl2O2/c17-14-7-5-12(15(18)9-14)6-8-16(20)13-3-1-11(10-19)2-4-13/h1-10H. The minimum atomic E-state index is -0.159. The summed E-state index contributed by atoms with van der Waals surface area (Å²) in [7, 11) is 0. The van der Waals surface area contributed by atoms with Crippen molar-refractivity contribution < 1.29 is 9.59 Å². The van der Waals surface area contributed by atoms with E-state index in [4.69, 9.17) is 23.2 Å². The molecule has 100 valence electrons. The number of rotatable bonds is 4. The zero-order valence-corrected chi connectivity index (χ0v) is 11.9. The molecule has 0 atom stereocenters. The Balaban J connectivity index is 2.17. The Kier molecular flexibility index (Phi) is 4.72. The summed E-state index contributed by atoms with van der Waals surface area (Å²) in [6.07, 6.45) is 3.80. The Hall–Kier alpha value is -1.90. The molecule has 0 radical (unpaired) electrons. The van der Waals surface area contributed by atoms with Gasteiger partial charge in [0.25, 0.3) is 0 Å². The molecule has 0 spiro atoms. The van der Waals surface area contributed by atoms with Gasteiger partial charge in [-0.25, -0.2) is 0 Å². The second-order valence-electron chi connectivity index (χ2n) is 4.10. The van der Waals surface area contributed by atoms with Crippen molar-refractivity contribution in [2.45, 2.75) is 0 Å². The zero-order valence-electron chi connectivity index (χ0n) is 10.3. The van der Waals surface area contributed by atoms with Crippen LogP contribution in [0.1, 0.15) is 26.3 Å². The van der Waals surface area contributed by atoms with Crippen molar-refractivity contribution in [2.24, 2.45) is 0 Å². The molecule has 0 aromatic heterocycles. The normalized spacial score (nSPS) is 10.7. The van der Waals surface area contributed by atoms with Crippen LogP contribution in [0.25, 0.3) is 6.08 Å². The molecule has 0 saturated carbocycles. The quantitative estimate of drug-likeness (QED) is 0.466. The zero-order chi connectivity index (χ0) is 14.5. The number of halogens is 2. The number of aldehydes is 1. The molecular formula is C16H10Cl2O2. The van der Waals surface area contributed by atoms with Gasteiger partial charge < -0.3 is 0 Å². The predicted molar refractivity (Wildman–Crippen MR) is 81.7 cm³/mol. The maximum atomic E-state index is 12.0. The molecule has 0 N–H and O–H groups in total. The molecule has 2 nitrogen and oxygen atoms in total. The summed E-state index contributed by atoms with van der Waals surface area (Å²) in [5, 5.41) is 1.03. The molecule has 2 aromatic carbocycles. The molecule has 0 bridgehead atoms. The van der Waals surface area contributed by atoms with Gasteiger partial charge in [-0.3, -0.25) is 9.59 Å². The first kappa shape index (κ1) is 14.5. The molecule has 0 aliphatic rings. The number of allylic oxidation sites excluding steroid dienone is 1. The average molecular weight is 305 g/mol. The molecule has 0 amide bonds. The van der Waals surface area contributed by atoms with E-state index in [-0.39, 0.29) is 5.78 Å². The highest BCUT2D eigenvalue weighted by atomic mass is 35.5. The molecule has 2 aromatic rings. The second-order valence-corrected chi connectivity index (χ2v) is 4.95. The summed E-state index contributed by atoms with van der Waals surface area (Å²) in [6.45, 7) is 0. The van der Waals surface area contributed by atoms with Crippen molar-refractivity contribution in [3.05, 3.63) is 75.3 Å². The molecule has 4 heteroatoms. The SMILES string of the molecule is O=Cc1ccc(C(=O)C=Cc2ccc(Cl)cc2Cl)cc1. The third-order valence-electron chi connectivity index (χ3n) is 2.71. The first-order chi connectivity index (χ1) is 9.60. The van der Waals surface area contributed by atoms with Crippen LogP contribution in [0.3, 0.4) is 0 Å². The number of hydrogen-bond acceptors (Lipinski definition) is 2. The minimum Gasteiger partial charge on any atom is -0.298 e. The Morgan fingerprint density at radius 1 is 1.00 bits per heavy atom. The summed E-state index contributed by atoms with van der Waals surface area (Å²) < 4.78 is 0. The van der Waals surface area contributed by atoms with Gasteiger partial charge in [0, 0.05) is 21.2 Å². The summed E-state index contributed by atoms with van der Waals surface area (Å²) in [6, 6.07) is 11.5. The van der Waals surface area contributed by atoms with E-state index in [1.165, 1.54) is 6.08 Å². The second kappa shape index (κ2) is 6.51. The van der Waals surface area contributed by atoms with Crippen molar-refractivity contribution in [1.82, 2.24) is 0 Å². The van der Waals surface area contributed by atoms with Crippen LogP contribution in [-0.4, -0.2) is 12.1 Å². The van der Waals surface area contributed by atoms with Gasteiger partial charge in [-0.1, -0.05) is 53.5 Å². The first-order valence-corrected chi connectivity index (χ1v) is 6.58. The van der Waals surface area contributed by atoms with E-state index < -0.39 is 0 Å². The van der Waals surface area contributed by atoms with Gasteiger partial charge in [0.2, 0.25) is 0 Å². The lowest BCUT2D eigenvalue weighted by molar-refractivity contribution is 0.104. The third kappa shape index (κ3) is 3.56. The molecule has 20 heavy (non-hydrogen) atoms. The van der Waals surface area contributed by atoms with Crippen LogP contribution in [0.15, 0.2) is 48.5 Å². The highest BCUT2D eigenvalue weighted by Crippen LogP contribution is 2.22. The number of carbonyl (C=O) groups excluding carboxylic acids is 2. The largest absolute Gasteiger partial charge is 0.298 e. The van der Waals surface area contributed by atoms with Crippen molar-refractivity contribution in [1.29, 1.82) is 0 Å². The monoisotopic (exact) mass is 304 g/mol. The summed E-state index contributed by atoms with van der Waals surface area (Å²) in [4.78, 5) is 22.5. The number of ketones is 1. The maximum absolute atomic E-state index is 12.0. The minimum absolute atomic E-state index is 0.159. The lowest BCUT2D eigenvalue weighted by Crippen LogP contribution is -1.94. The van der Waals surface area contributed by atoms with Crippen LogP contribution < -0.4 is 0 Å². The van der Waals surface area contributed by atoms with Gasteiger partial charge in [0.05, 0.1) is 0 Å². The highest BCUT2D eigenvalue weighted by Gasteiger charge is 2.03. The Morgan fingerprint density at radius 3 is 2.30 bits per heavy atom. The van der Waals surface area contributed by atoms with Crippen LogP contribution in [0.4, 0.5) is 0 Å². The number of carbonyl (C=O) groups is 2. The smallest absolute Gasteiger partial charge is 0.185 e. The first-order valence-electron chi connectivity index (χ1n) is 5.83. The maximum Gasteiger partial charge on any atom is 0.185 e. The van der Waals surface area contributed by atoms with Gasteiger partial charge in [-0.05, 0) is 29.8 Å². The van der Waals surface area contributed by atoms with Crippen LogP contribution in [0, 0.1) is 0 Å². The third-order valence-corrected chi connectivity index (χ3v) is 3.27. The summed E-state index contributed by atoms with van der Waals surface area (Å²) in [5.41, 5.74) is 1.76. The Bertz CT molecular complexity index is 673. The van der Waals surface area contributed by atoms with Crippen molar-refractivity contribution in [3.8, 4) is 0 Å². The Morgan fingerprint density at radius 2 is 1.70 bits per heavy atom. The van der Waals surface area contributed by atoms with Gasteiger partial charge in [0.1, 0.15) is 6.29 Å². The molecule has 0 aliphatic heterocycles. The fraction of sp³-hybridized carbons (Fsp3) is 0. The van der Waals surface area contributed by atoms with Gasteiger partial charge in [0.15, 0.2) is 5.78 Å². The topological polar surface area (TPSA) is 34.1 Å². The lowest BCUT2D eigenvalue weighted by atomic mass is 10.1. The summed E-state index contributed by atoms with van der Waals surface area (Å²) >= 11 is 11.8. The van der Waals surface area contributed by atoms with E-state index in [2.05, 4.69) is 0 Å². The fourth-order valence-electron chi connectivity index (χ4n) is 1.62. The molecule has 0 aliphatic carbocycles. The number of benzene rings is 2. The molecule has 0 fully saturated rings. The summed E-state index contributed by atoms with van der Waals surface area (Å²) in [5.74, 6) is -0.159. The predicted octanol–water partition coefficient (Wildman–Crippen LogP) is 4.70. The van der Waals surface area contributed by atoms with E-state index in [9.17, 15) is 9.59 Å².